The van der Waals surface area contributed by atoms with E-state index in [9.17, 15) is 4.79 Å². The van der Waals surface area contributed by atoms with Crippen LogP contribution in [0.5, 0.6) is 0 Å². The van der Waals surface area contributed by atoms with Crippen LogP contribution < -0.4 is 10.9 Å². The van der Waals surface area contributed by atoms with Gasteiger partial charge in [0.25, 0.3) is 5.56 Å². The van der Waals surface area contributed by atoms with Gasteiger partial charge in [-0.1, -0.05) is 0 Å². The van der Waals surface area contributed by atoms with E-state index < -0.39 is 0 Å². The lowest BCUT2D eigenvalue weighted by Crippen LogP contribution is -2.25. The van der Waals surface area contributed by atoms with Crippen LogP contribution in [0, 0.1) is 0 Å². The lowest BCUT2D eigenvalue weighted by Gasteiger charge is -2.06. The van der Waals surface area contributed by atoms with Gasteiger partial charge >= 0.3 is 0 Å². The Morgan fingerprint density at radius 2 is 2.33 bits per heavy atom. The molecule has 1 aromatic heterocycles. The van der Waals surface area contributed by atoms with E-state index in [4.69, 9.17) is 4.74 Å². The summed E-state index contributed by atoms with van der Waals surface area (Å²) in [6, 6.07) is 0. The van der Waals surface area contributed by atoms with E-state index in [0.29, 0.717) is 32.1 Å². The van der Waals surface area contributed by atoms with Crippen molar-refractivity contribution in [3.8, 4) is 0 Å². The summed E-state index contributed by atoms with van der Waals surface area (Å²) in [4.78, 5) is 15.6. The van der Waals surface area contributed by atoms with E-state index >= 15 is 0 Å². The third kappa shape index (κ3) is 3.36. The molecule has 0 spiro atoms. The lowest BCUT2D eigenvalue weighted by atomic mass is 10.5. The number of aryl methyl sites for hydroxylation is 1. The molecule has 5 heteroatoms. The second-order valence-corrected chi connectivity index (χ2v) is 2.99. The smallest absolute Gasteiger partial charge is 0.293 e. The predicted octanol–water partition coefficient (Wildman–Crippen LogP) is 0.712. The highest BCUT2D eigenvalue weighted by Crippen LogP contribution is 1.92. The highest BCUT2D eigenvalue weighted by atomic mass is 16.5. The van der Waals surface area contributed by atoms with Gasteiger partial charge in [0, 0.05) is 32.1 Å². The van der Waals surface area contributed by atoms with Crippen LogP contribution in [0.1, 0.15) is 13.8 Å². The second kappa shape index (κ2) is 6.19. The Morgan fingerprint density at radius 1 is 1.53 bits per heavy atom. The van der Waals surface area contributed by atoms with Gasteiger partial charge in [0.05, 0.1) is 6.61 Å². The minimum atomic E-state index is -0.0866. The highest BCUT2D eigenvalue weighted by molar-refractivity contribution is 5.30. The van der Waals surface area contributed by atoms with E-state index in [2.05, 4.69) is 10.3 Å². The molecule has 1 heterocycles. The van der Waals surface area contributed by atoms with Crippen molar-refractivity contribution < 1.29 is 4.74 Å². The standard InChI is InChI=1S/C10H17N3O2/c1-3-13-7-5-11-9(10(13)14)12-6-8-15-4-2/h5,7H,3-4,6,8H2,1-2H3,(H,11,12). The Hall–Kier alpha value is -1.36. The Bertz CT molecular complexity index is 349. The minimum Gasteiger partial charge on any atom is -0.380 e. The molecular weight excluding hydrogens is 194 g/mol. The average molecular weight is 211 g/mol. The second-order valence-electron chi connectivity index (χ2n) is 2.99. The SMILES string of the molecule is CCOCCNc1nccn(CC)c1=O. The number of ether oxygens (including phenoxy) is 1. The van der Waals surface area contributed by atoms with Crippen LogP contribution in [-0.2, 0) is 11.3 Å². The molecule has 0 amide bonds. The Morgan fingerprint density at radius 3 is 3.00 bits per heavy atom. The van der Waals surface area contributed by atoms with Crippen LogP contribution in [0.15, 0.2) is 17.2 Å². The molecule has 0 aliphatic carbocycles. The van der Waals surface area contributed by atoms with Crippen molar-refractivity contribution in [3.63, 3.8) is 0 Å². The summed E-state index contributed by atoms with van der Waals surface area (Å²) < 4.78 is 6.76. The van der Waals surface area contributed by atoms with Crippen molar-refractivity contribution in [2.45, 2.75) is 20.4 Å². The van der Waals surface area contributed by atoms with E-state index in [0.717, 1.165) is 0 Å². The maximum Gasteiger partial charge on any atom is 0.293 e. The van der Waals surface area contributed by atoms with Crippen molar-refractivity contribution in [2.75, 3.05) is 25.1 Å². The molecule has 1 rings (SSSR count). The van der Waals surface area contributed by atoms with Crippen molar-refractivity contribution in [1.82, 2.24) is 9.55 Å². The third-order valence-corrected chi connectivity index (χ3v) is 2.00. The monoisotopic (exact) mass is 211 g/mol. The van der Waals surface area contributed by atoms with Crippen molar-refractivity contribution in [2.24, 2.45) is 0 Å². The molecule has 0 aromatic carbocycles. The Kier molecular flexibility index (Phi) is 4.83. The van der Waals surface area contributed by atoms with E-state index in [-0.39, 0.29) is 5.56 Å². The molecule has 15 heavy (non-hydrogen) atoms. The zero-order valence-corrected chi connectivity index (χ0v) is 9.19. The largest absolute Gasteiger partial charge is 0.380 e. The first-order chi connectivity index (χ1) is 7.29. The van der Waals surface area contributed by atoms with Crippen LogP contribution in [-0.4, -0.2) is 29.3 Å². The van der Waals surface area contributed by atoms with Crippen LogP contribution in [0.25, 0.3) is 0 Å². The van der Waals surface area contributed by atoms with Crippen molar-refractivity contribution in [3.05, 3.63) is 22.7 Å². The third-order valence-electron chi connectivity index (χ3n) is 2.00. The number of hydrogen-bond donors (Lipinski definition) is 1. The molecule has 0 bridgehead atoms. The summed E-state index contributed by atoms with van der Waals surface area (Å²) in [5.74, 6) is 0.388. The Balaban J connectivity index is 2.57. The van der Waals surface area contributed by atoms with Gasteiger partial charge in [0.15, 0.2) is 5.82 Å². The van der Waals surface area contributed by atoms with Crippen molar-refractivity contribution >= 4 is 5.82 Å². The summed E-state index contributed by atoms with van der Waals surface area (Å²) in [6.07, 6.45) is 3.30. The van der Waals surface area contributed by atoms with E-state index in [1.165, 1.54) is 0 Å². The van der Waals surface area contributed by atoms with Crippen LogP contribution in [0.4, 0.5) is 5.82 Å². The summed E-state index contributed by atoms with van der Waals surface area (Å²) in [5.41, 5.74) is -0.0866. The molecule has 1 N–H and O–H groups in total. The zero-order chi connectivity index (χ0) is 11.1. The molecule has 0 radical (unpaired) electrons. The fourth-order valence-electron chi connectivity index (χ4n) is 1.20. The number of rotatable bonds is 6. The number of anilines is 1. The normalized spacial score (nSPS) is 10.3. The van der Waals surface area contributed by atoms with Gasteiger partial charge in [-0.3, -0.25) is 4.79 Å². The summed E-state index contributed by atoms with van der Waals surface area (Å²) in [6.45, 7) is 6.38. The van der Waals surface area contributed by atoms with Crippen molar-refractivity contribution in [1.29, 1.82) is 0 Å². The molecule has 1 aromatic rings. The predicted molar refractivity (Wildman–Crippen MR) is 59.2 cm³/mol. The molecular formula is C10H17N3O2. The zero-order valence-electron chi connectivity index (χ0n) is 9.19. The van der Waals surface area contributed by atoms with Gasteiger partial charge in [-0.15, -0.1) is 0 Å². The first-order valence-corrected chi connectivity index (χ1v) is 5.16. The summed E-state index contributed by atoms with van der Waals surface area (Å²) in [7, 11) is 0. The fraction of sp³-hybridized carbons (Fsp3) is 0.600. The van der Waals surface area contributed by atoms with Gasteiger partial charge < -0.3 is 14.6 Å². The first kappa shape index (κ1) is 11.7. The average Bonchev–Trinajstić information content (AvgIpc) is 2.26. The summed E-state index contributed by atoms with van der Waals surface area (Å²) in [5, 5.41) is 2.95. The van der Waals surface area contributed by atoms with Crippen LogP contribution >= 0.6 is 0 Å². The number of aromatic nitrogens is 2. The topological polar surface area (TPSA) is 56.1 Å². The molecule has 0 atom stereocenters. The molecule has 0 saturated heterocycles. The molecule has 0 aliphatic rings. The molecule has 0 saturated carbocycles. The van der Waals surface area contributed by atoms with Crippen LogP contribution in [0.3, 0.4) is 0 Å². The first-order valence-electron chi connectivity index (χ1n) is 5.16. The summed E-state index contributed by atoms with van der Waals surface area (Å²) >= 11 is 0. The van der Waals surface area contributed by atoms with Gasteiger partial charge in [0.2, 0.25) is 0 Å². The van der Waals surface area contributed by atoms with Gasteiger partial charge in [0.1, 0.15) is 0 Å². The fourth-order valence-corrected chi connectivity index (χ4v) is 1.20. The Labute approximate surface area is 89.1 Å². The molecule has 84 valence electrons. The van der Waals surface area contributed by atoms with E-state index in [1.807, 2.05) is 13.8 Å². The quantitative estimate of drug-likeness (QED) is 0.704. The molecule has 0 fully saturated rings. The van der Waals surface area contributed by atoms with E-state index in [1.54, 1.807) is 17.0 Å². The highest BCUT2D eigenvalue weighted by Gasteiger charge is 2.01. The van der Waals surface area contributed by atoms with Crippen LogP contribution in [0.2, 0.25) is 0 Å². The minimum absolute atomic E-state index is 0.0866. The number of nitrogens with zero attached hydrogens (tertiary/aromatic N) is 2. The number of hydrogen-bond acceptors (Lipinski definition) is 4. The molecule has 0 unspecified atom stereocenters. The maximum atomic E-state index is 11.7. The molecule has 5 nitrogen and oxygen atoms in total. The van der Waals surface area contributed by atoms with Gasteiger partial charge in [-0.05, 0) is 13.8 Å². The lowest BCUT2D eigenvalue weighted by molar-refractivity contribution is 0.158. The number of nitrogens with one attached hydrogen (secondary N) is 1. The molecule has 0 aliphatic heterocycles. The van der Waals surface area contributed by atoms with Gasteiger partial charge in [-0.2, -0.15) is 0 Å². The van der Waals surface area contributed by atoms with Gasteiger partial charge in [-0.25, -0.2) is 4.98 Å². The maximum absolute atomic E-state index is 11.7.